The molecule has 7 bridgehead atoms. The van der Waals surface area contributed by atoms with Crippen LogP contribution in [0.2, 0.25) is 0 Å². The van der Waals surface area contributed by atoms with Crippen molar-refractivity contribution in [2.75, 3.05) is 13.1 Å². The lowest BCUT2D eigenvalue weighted by molar-refractivity contribution is -0.194. The summed E-state index contributed by atoms with van der Waals surface area (Å²) in [5.74, 6) is 2.63. The predicted octanol–water partition coefficient (Wildman–Crippen LogP) is 1.48. The van der Waals surface area contributed by atoms with Crippen molar-refractivity contribution in [2.45, 2.75) is 70.3 Å². The Kier molecular flexibility index (Phi) is 2.93. The lowest BCUT2D eigenvalue weighted by Crippen LogP contribution is -2.65. The number of nitrogens with zero attached hydrogens (tertiary/aromatic N) is 1. The number of piperidine rings is 1. The van der Waals surface area contributed by atoms with Gasteiger partial charge in [-0.3, -0.25) is 4.90 Å². The standard InChI is InChI=1S/C21H33NO3/c1-3-22-9-11-4-5-17(24)21-13(11)6-14(18(21)22)20-8-12(10(2)19(20)25)15(23)7-16(20)21/h10-19,23-25H,3-9H2,1-2H3/t10-,11+,12-,13-,14?,15-,16-,17+,18?,19-,20+,21+/m1/s1. The van der Waals surface area contributed by atoms with Gasteiger partial charge in [-0.15, -0.1) is 0 Å². The maximum absolute atomic E-state index is 11.4. The molecule has 6 aliphatic rings. The van der Waals surface area contributed by atoms with Gasteiger partial charge < -0.3 is 15.3 Å². The van der Waals surface area contributed by atoms with E-state index >= 15 is 0 Å². The highest BCUT2D eigenvalue weighted by molar-refractivity contribution is 5.33. The minimum atomic E-state index is -0.295. The third-order valence-electron chi connectivity index (χ3n) is 10.5. The highest BCUT2D eigenvalue weighted by atomic mass is 16.3. The normalized spacial score (nSPS) is 67.6. The molecule has 6 fully saturated rings. The molecule has 2 unspecified atom stereocenters. The number of hydrogen-bond donors (Lipinski definition) is 3. The SMILES string of the molecule is CCN1C[C@@H]2CC[C@H](O)[C@]34C1C(C[C@H]23)[C@]12C[C@H]([C@@H](C)[C@H]1O)[C@H](O)C[C@H]24. The molecule has 0 aromatic carbocycles. The van der Waals surface area contributed by atoms with Gasteiger partial charge in [-0.2, -0.15) is 0 Å². The van der Waals surface area contributed by atoms with Crippen LogP contribution in [0.5, 0.6) is 0 Å². The van der Waals surface area contributed by atoms with Crippen LogP contribution in [0.15, 0.2) is 0 Å². The highest BCUT2D eigenvalue weighted by Gasteiger charge is 2.83. The van der Waals surface area contributed by atoms with Gasteiger partial charge in [0.15, 0.2) is 0 Å². The van der Waals surface area contributed by atoms with E-state index in [1.54, 1.807) is 0 Å². The lowest BCUT2D eigenvalue weighted by Gasteiger charge is -2.62. The van der Waals surface area contributed by atoms with Crippen molar-refractivity contribution in [3.8, 4) is 0 Å². The van der Waals surface area contributed by atoms with Gasteiger partial charge in [0.2, 0.25) is 0 Å². The molecule has 1 heterocycles. The van der Waals surface area contributed by atoms with E-state index in [-0.39, 0.29) is 41.0 Å². The van der Waals surface area contributed by atoms with E-state index in [2.05, 4.69) is 18.7 Å². The van der Waals surface area contributed by atoms with Crippen LogP contribution >= 0.6 is 0 Å². The highest BCUT2D eigenvalue weighted by Crippen LogP contribution is 2.82. The minimum Gasteiger partial charge on any atom is -0.393 e. The van der Waals surface area contributed by atoms with Crippen LogP contribution in [0.3, 0.4) is 0 Å². The van der Waals surface area contributed by atoms with Gasteiger partial charge in [0.25, 0.3) is 0 Å². The van der Waals surface area contributed by atoms with E-state index in [0.717, 1.165) is 32.2 Å². The zero-order valence-corrected chi connectivity index (χ0v) is 15.5. The monoisotopic (exact) mass is 347 g/mol. The van der Waals surface area contributed by atoms with Crippen molar-refractivity contribution in [3.63, 3.8) is 0 Å². The fraction of sp³-hybridized carbons (Fsp3) is 1.00. The molecule has 0 radical (unpaired) electrons. The molecule has 2 spiro atoms. The zero-order valence-electron chi connectivity index (χ0n) is 15.5. The Labute approximate surface area is 150 Å². The molecule has 25 heavy (non-hydrogen) atoms. The van der Waals surface area contributed by atoms with Gasteiger partial charge in [0.05, 0.1) is 18.3 Å². The third-order valence-corrected chi connectivity index (χ3v) is 10.5. The van der Waals surface area contributed by atoms with E-state index in [1.165, 1.54) is 13.0 Å². The molecule has 5 saturated carbocycles. The van der Waals surface area contributed by atoms with Crippen LogP contribution in [0.1, 0.15) is 46.0 Å². The van der Waals surface area contributed by atoms with Crippen LogP contribution in [0, 0.1) is 46.3 Å². The first kappa shape index (κ1) is 15.9. The summed E-state index contributed by atoms with van der Waals surface area (Å²) in [7, 11) is 0. The summed E-state index contributed by atoms with van der Waals surface area (Å²) < 4.78 is 0. The second kappa shape index (κ2) is 4.63. The summed E-state index contributed by atoms with van der Waals surface area (Å²) in [4.78, 5) is 2.67. The number of fused-ring (bicyclic) bond motifs is 1. The first-order valence-corrected chi connectivity index (χ1v) is 10.8. The van der Waals surface area contributed by atoms with Gasteiger partial charge in [-0.05, 0) is 74.2 Å². The Morgan fingerprint density at radius 1 is 1.08 bits per heavy atom. The summed E-state index contributed by atoms with van der Waals surface area (Å²) in [6, 6.07) is 0.435. The minimum absolute atomic E-state index is 0.0366. The van der Waals surface area contributed by atoms with Crippen molar-refractivity contribution < 1.29 is 15.3 Å². The van der Waals surface area contributed by atoms with Gasteiger partial charge >= 0.3 is 0 Å². The predicted molar refractivity (Wildman–Crippen MR) is 93.6 cm³/mol. The molecule has 140 valence electrons. The number of hydrogen-bond acceptors (Lipinski definition) is 4. The molecule has 6 rings (SSSR count). The Morgan fingerprint density at radius 3 is 2.64 bits per heavy atom. The molecule has 0 aromatic rings. The smallest absolute Gasteiger partial charge is 0.0631 e. The molecular formula is C21H33NO3. The molecule has 1 saturated heterocycles. The molecule has 0 amide bonds. The number of aliphatic hydroxyl groups excluding tert-OH is 3. The van der Waals surface area contributed by atoms with E-state index in [0.29, 0.717) is 29.7 Å². The molecule has 5 aliphatic carbocycles. The zero-order chi connectivity index (χ0) is 17.3. The van der Waals surface area contributed by atoms with Crippen molar-refractivity contribution in [1.29, 1.82) is 0 Å². The summed E-state index contributed by atoms with van der Waals surface area (Å²) in [5.41, 5.74) is -0.0933. The molecule has 0 aromatic heterocycles. The topological polar surface area (TPSA) is 63.9 Å². The summed E-state index contributed by atoms with van der Waals surface area (Å²) >= 11 is 0. The van der Waals surface area contributed by atoms with Crippen LogP contribution in [0.4, 0.5) is 0 Å². The number of rotatable bonds is 1. The van der Waals surface area contributed by atoms with Crippen LogP contribution in [-0.4, -0.2) is 57.7 Å². The van der Waals surface area contributed by atoms with Crippen LogP contribution in [-0.2, 0) is 0 Å². The maximum atomic E-state index is 11.4. The molecule has 4 heteroatoms. The van der Waals surface area contributed by atoms with Crippen LogP contribution in [0.25, 0.3) is 0 Å². The Morgan fingerprint density at radius 2 is 1.88 bits per heavy atom. The summed E-state index contributed by atoms with van der Waals surface area (Å²) in [5, 5.41) is 33.7. The molecule has 3 N–H and O–H groups in total. The molecule has 1 aliphatic heterocycles. The Bertz CT molecular complexity index is 612. The first-order chi connectivity index (χ1) is 12.0. The quantitative estimate of drug-likeness (QED) is 0.672. The van der Waals surface area contributed by atoms with Gasteiger partial charge in [-0.25, -0.2) is 0 Å². The average molecular weight is 347 g/mol. The fourth-order valence-corrected chi connectivity index (χ4v) is 9.99. The Balaban J connectivity index is 1.58. The van der Waals surface area contributed by atoms with E-state index in [4.69, 9.17) is 0 Å². The average Bonchev–Trinajstić information content (AvgIpc) is 3.10. The number of aliphatic hydroxyl groups is 3. The third kappa shape index (κ3) is 1.41. The molecular weight excluding hydrogens is 314 g/mol. The lowest BCUT2D eigenvalue weighted by atomic mass is 9.46. The second-order valence-corrected chi connectivity index (χ2v) is 10.5. The Hall–Kier alpha value is -0.160. The largest absolute Gasteiger partial charge is 0.393 e. The van der Waals surface area contributed by atoms with Crippen molar-refractivity contribution in [1.82, 2.24) is 4.90 Å². The first-order valence-electron chi connectivity index (χ1n) is 10.8. The van der Waals surface area contributed by atoms with Crippen molar-refractivity contribution in [2.24, 2.45) is 46.3 Å². The van der Waals surface area contributed by atoms with Crippen LogP contribution < -0.4 is 0 Å². The van der Waals surface area contributed by atoms with Gasteiger partial charge in [-0.1, -0.05) is 13.8 Å². The summed E-state index contributed by atoms with van der Waals surface area (Å²) in [6.45, 7) is 6.67. The molecule has 12 atom stereocenters. The van der Waals surface area contributed by atoms with E-state index in [9.17, 15) is 15.3 Å². The van der Waals surface area contributed by atoms with Gasteiger partial charge in [0, 0.05) is 23.4 Å². The molecule has 4 nitrogen and oxygen atoms in total. The maximum Gasteiger partial charge on any atom is 0.0631 e. The van der Waals surface area contributed by atoms with Gasteiger partial charge in [0.1, 0.15) is 0 Å². The second-order valence-electron chi connectivity index (χ2n) is 10.5. The van der Waals surface area contributed by atoms with Crippen molar-refractivity contribution in [3.05, 3.63) is 0 Å². The fourth-order valence-electron chi connectivity index (χ4n) is 9.99. The van der Waals surface area contributed by atoms with Crippen molar-refractivity contribution >= 4 is 0 Å². The van der Waals surface area contributed by atoms with E-state index in [1.807, 2.05) is 0 Å². The summed E-state index contributed by atoms with van der Waals surface area (Å²) in [6.07, 6.45) is 4.29. The van der Waals surface area contributed by atoms with E-state index < -0.39 is 0 Å². The number of likely N-dealkylation sites (tertiary alicyclic amines) is 1.